The number of phosphoric ester groups is 2. The van der Waals surface area contributed by atoms with E-state index in [4.69, 9.17) is 37.0 Å². The highest BCUT2D eigenvalue weighted by Crippen LogP contribution is 2.45. The molecule has 0 aromatic rings. The number of esters is 4. The SMILES string of the molecule is CCCCCCCCCCCCCCC(=O)OC[C@H](COP(=O)(O)OC[C@@H](O)COP(=O)(O)OC[C@@H](COC(=O)CCCCCCCCC(C)CC)OC(=O)CCCCCCCCCCCCC)OC(=O)CCCCCCCCCCCCCCCCC(C)CC. The molecule has 0 aromatic carbocycles. The number of ether oxygens (including phenoxy) is 4. The molecule has 0 aliphatic rings. The Morgan fingerprint density at radius 1 is 0.308 bits per heavy atom. The number of aliphatic hydroxyl groups is 1. The van der Waals surface area contributed by atoms with Gasteiger partial charge in [-0.05, 0) is 37.5 Å². The highest BCUT2D eigenvalue weighted by atomic mass is 31.2. The molecule has 0 rings (SSSR count). The van der Waals surface area contributed by atoms with Gasteiger partial charge in [-0.3, -0.25) is 37.3 Å². The summed E-state index contributed by atoms with van der Waals surface area (Å²) in [6.45, 7) is 9.57. The Kier molecular flexibility index (Phi) is 62.7. The molecule has 0 spiro atoms. The summed E-state index contributed by atoms with van der Waals surface area (Å²) in [5, 5.41) is 10.6. The van der Waals surface area contributed by atoms with Crippen molar-refractivity contribution in [3.05, 3.63) is 0 Å². The summed E-state index contributed by atoms with van der Waals surface area (Å²) in [7, 11) is -9.90. The van der Waals surface area contributed by atoms with E-state index < -0.39 is 97.5 Å². The lowest BCUT2D eigenvalue weighted by atomic mass is 9.99. The maximum atomic E-state index is 13.0. The molecule has 17 nitrogen and oxygen atoms in total. The molecule has 0 radical (unpaired) electrons. The van der Waals surface area contributed by atoms with Crippen LogP contribution in [0.2, 0.25) is 0 Å². The van der Waals surface area contributed by atoms with Crippen LogP contribution in [0.3, 0.4) is 0 Å². The van der Waals surface area contributed by atoms with Crippen LogP contribution in [-0.4, -0.2) is 96.7 Å². The predicted molar refractivity (Wildman–Crippen MR) is 368 cm³/mol. The molecule has 3 N–H and O–H groups in total. The van der Waals surface area contributed by atoms with E-state index in [1.165, 1.54) is 180 Å². The van der Waals surface area contributed by atoms with Gasteiger partial charge in [0.05, 0.1) is 26.4 Å². The molecule has 0 saturated carbocycles. The van der Waals surface area contributed by atoms with Crippen molar-refractivity contribution in [2.75, 3.05) is 39.6 Å². The fourth-order valence-corrected chi connectivity index (χ4v) is 12.5. The van der Waals surface area contributed by atoms with Gasteiger partial charge in [-0.15, -0.1) is 0 Å². The maximum absolute atomic E-state index is 13.0. The highest BCUT2D eigenvalue weighted by molar-refractivity contribution is 7.47. The van der Waals surface area contributed by atoms with Gasteiger partial charge < -0.3 is 33.8 Å². The minimum atomic E-state index is -4.95. The highest BCUT2D eigenvalue weighted by Gasteiger charge is 2.30. The fraction of sp³-hybridized carbons (Fsp3) is 0.944. The topological polar surface area (TPSA) is 237 Å². The average molecular weight is 1340 g/mol. The minimum Gasteiger partial charge on any atom is -0.462 e. The molecule has 0 bridgehead atoms. The zero-order valence-corrected chi connectivity index (χ0v) is 60.9. The van der Waals surface area contributed by atoms with Crippen LogP contribution in [0.4, 0.5) is 0 Å². The van der Waals surface area contributed by atoms with Crippen molar-refractivity contribution in [3.8, 4) is 0 Å². The molecule has 4 unspecified atom stereocenters. The number of hydrogen-bond acceptors (Lipinski definition) is 15. The average Bonchev–Trinajstić information content (AvgIpc) is 3.73. The van der Waals surface area contributed by atoms with E-state index in [-0.39, 0.29) is 25.7 Å². The summed E-state index contributed by atoms with van der Waals surface area (Å²) in [4.78, 5) is 72.6. The third kappa shape index (κ3) is 63.9. The van der Waals surface area contributed by atoms with Crippen LogP contribution in [0.5, 0.6) is 0 Å². The quantitative estimate of drug-likeness (QED) is 0.0222. The first-order valence-electron chi connectivity index (χ1n) is 37.6. The summed E-state index contributed by atoms with van der Waals surface area (Å²) < 4.78 is 68.3. The second kappa shape index (κ2) is 64.1. The fourth-order valence-electron chi connectivity index (χ4n) is 10.9. The largest absolute Gasteiger partial charge is 0.472 e. The maximum Gasteiger partial charge on any atom is 0.472 e. The number of aliphatic hydroxyl groups excluding tert-OH is 1. The molecular weight excluding hydrogens is 1200 g/mol. The molecule has 0 aliphatic heterocycles. The van der Waals surface area contributed by atoms with Gasteiger partial charge in [0, 0.05) is 25.7 Å². The Labute approximate surface area is 556 Å². The van der Waals surface area contributed by atoms with Crippen LogP contribution in [0.15, 0.2) is 0 Å². The molecule has 0 aromatic heterocycles. The van der Waals surface area contributed by atoms with Crippen LogP contribution in [-0.2, 0) is 65.4 Å². The van der Waals surface area contributed by atoms with Crippen LogP contribution in [0.1, 0.15) is 369 Å². The lowest BCUT2D eigenvalue weighted by Crippen LogP contribution is -2.30. The van der Waals surface area contributed by atoms with Crippen LogP contribution >= 0.6 is 15.6 Å². The number of unbranched alkanes of at least 4 members (excludes halogenated alkanes) is 39. The van der Waals surface area contributed by atoms with Crippen molar-refractivity contribution >= 4 is 39.5 Å². The lowest BCUT2D eigenvalue weighted by molar-refractivity contribution is -0.161. The van der Waals surface area contributed by atoms with Gasteiger partial charge in [0.1, 0.15) is 19.3 Å². The normalized spacial score (nSPS) is 14.7. The Balaban J connectivity index is 5.23. The molecule has 19 heteroatoms. The van der Waals surface area contributed by atoms with Gasteiger partial charge in [0.15, 0.2) is 12.2 Å². The van der Waals surface area contributed by atoms with E-state index >= 15 is 0 Å². The standard InChI is InChI=1S/C72H140O17P2/c1-7-11-13-15-17-19-21-28-31-35-42-48-54-69(74)82-60-67(88-72(77)57-51-45-37-33-29-25-23-22-24-27-30-34-40-46-52-64(5)9-3)62-86-90(78,79)84-58-66(73)59-85-91(80,81)87-63-68(61-83-70(75)55-49-43-39-38-41-47-53-65(6)10-4)89-71(76)56-50-44-36-32-26-20-18-16-14-12-8-2/h64-68,73H,7-63H2,1-6H3,(H,78,79)(H,80,81)/t64?,65?,66-,67-,68-/m1/s1. The van der Waals surface area contributed by atoms with Crippen molar-refractivity contribution in [1.82, 2.24) is 0 Å². The van der Waals surface area contributed by atoms with Crippen molar-refractivity contribution in [1.29, 1.82) is 0 Å². The predicted octanol–water partition coefficient (Wildman–Crippen LogP) is 20.8. The summed E-state index contributed by atoms with van der Waals surface area (Å²) in [5.74, 6) is -0.544. The van der Waals surface area contributed by atoms with E-state index in [2.05, 4.69) is 41.5 Å². The first kappa shape index (κ1) is 89.1. The van der Waals surface area contributed by atoms with E-state index in [1.807, 2.05) is 0 Å². The summed E-state index contributed by atoms with van der Waals surface area (Å²) in [5.41, 5.74) is 0. The van der Waals surface area contributed by atoms with Crippen LogP contribution in [0, 0.1) is 11.8 Å². The second-order valence-electron chi connectivity index (χ2n) is 26.5. The van der Waals surface area contributed by atoms with Crippen LogP contribution < -0.4 is 0 Å². The summed E-state index contributed by atoms with van der Waals surface area (Å²) >= 11 is 0. The number of carbonyl (C=O) groups is 4. The lowest BCUT2D eigenvalue weighted by Gasteiger charge is -2.21. The number of rotatable bonds is 71. The second-order valence-corrected chi connectivity index (χ2v) is 29.4. The minimum absolute atomic E-state index is 0.106. The van der Waals surface area contributed by atoms with Gasteiger partial charge >= 0.3 is 39.5 Å². The third-order valence-electron chi connectivity index (χ3n) is 17.4. The molecule has 540 valence electrons. The molecule has 91 heavy (non-hydrogen) atoms. The molecular formula is C72H140O17P2. The van der Waals surface area contributed by atoms with E-state index in [0.717, 1.165) is 108 Å². The van der Waals surface area contributed by atoms with Crippen molar-refractivity contribution < 1.29 is 80.2 Å². The van der Waals surface area contributed by atoms with Gasteiger partial charge in [0.25, 0.3) is 0 Å². The molecule has 0 aliphatic carbocycles. The van der Waals surface area contributed by atoms with E-state index in [0.29, 0.717) is 25.7 Å². The van der Waals surface area contributed by atoms with Crippen molar-refractivity contribution in [3.63, 3.8) is 0 Å². The Bertz CT molecular complexity index is 1770. The first-order chi connectivity index (χ1) is 43.9. The third-order valence-corrected chi connectivity index (χ3v) is 19.3. The number of carbonyl (C=O) groups excluding carboxylic acids is 4. The van der Waals surface area contributed by atoms with Crippen molar-refractivity contribution in [2.45, 2.75) is 387 Å². The Hall–Kier alpha value is -1.94. The van der Waals surface area contributed by atoms with Crippen LogP contribution in [0.25, 0.3) is 0 Å². The molecule has 0 heterocycles. The molecule has 0 amide bonds. The van der Waals surface area contributed by atoms with Crippen molar-refractivity contribution in [2.24, 2.45) is 11.8 Å². The van der Waals surface area contributed by atoms with Gasteiger partial charge in [-0.25, -0.2) is 9.13 Å². The zero-order chi connectivity index (χ0) is 67.2. The smallest absolute Gasteiger partial charge is 0.462 e. The molecule has 0 fully saturated rings. The first-order valence-corrected chi connectivity index (χ1v) is 40.6. The Morgan fingerprint density at radius 3 is 0.780 bits per heavy atom. The monoisotopic (exact) mass is 1340 g/mol. The summed E-state index contributed by atoms with van der Waals surface area (Å²) in [6.07, 6.45) is 49.8. The van der Waals surface area contributed by atoms with Gasteiger partial charge in [-0.1, -0.05) is 318 Å². The van der Waals surface area contributed by atoms with E-state index in [1.54, 1.807) is 0 Å². The number of hydrogen-bond donors (Lipinski definition) is 3. The molecule has 7 atom stereocenters. The Morgan fingerprint density at radius 2 is 0.527 bits per heavy atom. The van der Waals surface area contributed by atoms with Gasteiger partial charge in [-0.2, -0.15) is 0 Å². The summed E-state index contributed by atoms with van der Waals surface area (Å²) in [6, 6.07) is 0. The van der Waals surface area contributed by atoms with Gasteiger partial charge in [0.2, 0.25) is 0 Å². The number of phosphoric acid groups is 2. The molecule has 0 saturated heterocycles. The zero-order valence-electron chi connectivity index (χ0n) is 59.1. The van der Waals surface area contributed by atoms with E-state index in [9.17, 15) is 43.2 Å².